The molecular weight excluding hydrogens is 219 g/mol. The Labute approximate surface area is 105 Å². The van der Waals surface area contributed by atoms with Crippen LogP contribution in [0.5, 0.6) is 0 Å². The van der Waals surface area contributed by atoms with Crippen LogP contribution in [0.25, 0.3) is 0 Å². The van der Waals surface area contributed by atoms with Gasteiger partial charge in [-0.25, -0.2) is 0 Å². The van der Waals surface area contributed by atoms with E-state index in [1.54, 1.807) is 24.3 Å². The van der Waals surface area contributed by atoms with E-state index in [2.05, 4.69) is 0 Å². The molecule has 1 aromatic rings. The summed E-state index contributed by atoms with van der Waals surface area (Å²) >= 11 is 0. The van der Waals surface area contributed by atoms with Gasteiger partial charge in [0.05, 0.1) is 0 Å². The van der Waals surface area contributed by atoms with Crippen LogP contribution in [0.3, 0.4) is 0 Å². The third-order valence-electron chi connectivity index (χ3n) is 1.22. The van der Waals surface area contributed by atoms with Crippen LogP contribution in [-0.2, 0) is 9.15 Å². The second-order valence-electron chi connectivity index (χ2n) is 2.32. The Bertz CT molecular complexity index is 363. The normalized spacial score (nSPS) is 10.6. The van der Waals surface area contributed by atoms with Gasteiger partial charge in [-0.15, -0.1) is 0 Å². The van der Waals surface area contributed by atoms with E-state index in [4.69, 9.17) is 4.55 Å². The number of rotatable bonds is 2. The van der Waals surface area contributed by atoms with Gasteiger partial charge in [-0.05, 0) is 19.1 Å². The molecule has 0 spiro atoms. The Kier molecular flexibility index (Phi) is 5.58. The van der Waals surface area contributed by atoms with Crippen molar-refractivity contribution >= 4 is 19.9 Å². The van der Waals surface area contributed by atoms with E-state index in [0.29, 0.717) is 15.7 Å². The average molecular weight is 228 g/mol. The van der Waals surface area contributed by atoms with E-state index >= 15 is 0 Å². The Balaban J connectivity index is 0. The minimum absolute atomic E-state index is 0. The van der Waals surface area contributed by atoms with Gasteiger partial charge in [0, 0.05) is 15.7 Å². The summed E-state index contributed by atoms with van der Waals surface area (Å²) in [7, 11) is -3.54. The van der Waals surface area contributed by atoms with Crippen molar-refractivity contribution < 1.29 is 44.0 Å². The van der Waals surface area contributed by atoms with E-state index < -0.39 is 9.15 Å². The first-order valence-electron chi connectivity index (χ1n) is 3.21. The van der Waals surface area contributed by atoms with Gasteiger partial charge in [-0.2, -0.15) is 8.42 Å². The van der Waals surface area contributed by atoms with Gasteiger partial charge < -0.3 is 1.43 Å². The van der Waals surface area contributed by atoms with Crippen molar-refractivity contribution in [2.75, 3.05) is 0 Å². The standard InChI is InChI=1S/C7H8O3S2.Na.H/c1-6-2-4-7(5-3-6)11-12(8,9)10;;/h2-5H,1H3,(H,8,9,10);;/q;+1;-1. The molecule has 1 N–H and O–H groups in total. The molecule has 0 unspecified atom stereocenters. The van der Waals surface area contributed by atoms with Crippen LogP contribution in [-0.4, -0.2) is 13.0 Å². The fourth-order valence-corrected chi connectivity index (χ4v) is 2.27. The van der Waals surface area contributed by atoms with Gasteiger partial charge >= 0.3 is 38.7 Å². The molecule has 0 aromatic heterocycles. The van der Waals surface area contributed by atoms with Crippen LogP contribution in [0.4, 0.5) is 0 Å². The van der Waals surface area contributed by atoms with Crippen LogP contribution >= 0.6 is 10.8 Å². The molecule has 0 fully saturated rings. The third kappa shape index (κ3) is 5.72. The minimum Gasteiger partial charge on any atom is -1.00 e. The van der Waals surface area contributed by atoms with Crippen LogP contribution in [0.2, 0.25) is 0 Å². The summed E-state index contributed by atoms with van der Waals surface area (Å²) in [5.74, 6) is 0. The van der Waals surface area contributed by atoms with E-state index in [9.17, 15) is 8.42 Å². The number of hydrogen-bond acceptors (Lipinski definition) is 3. The van der Waals surface area contributed by atoms with Crippen molar-refractivity contribution in [3.8, 4) is 0 Å². The maximum atomic E-state index is 10.4. The SMILES string of the molecule is Cc1ccc(SS(=O)(=O)O)cc1.[H-].[Na+]. The van der Waals surface area contributed by atoms with E-state index in [0.717, 1.165) is 5.56 Å². The Morgan fingerprint density at radius 3 is 2.15 bits per heavy atom. The fraction of sp³-hybridized carbons (Fsp3) is 0.143. The Morgan fingerprint density at radius 2 is 1.77 bits per heavy atom. The molecule has 0 saturated heterocycles. The predicted molar refractivity (Wildman–Crippen MR) is 49.7 cm³/mol. The van der Waals surface area contributed by atoms with Gasteiger partial charge in [-0.3, -0.25) is 4.55 Å². The molecular formula is C7H9NaO3S2. The molecule has 0 aliphatic rings. The van der Waals surface area contributed by atoms with Gasteiger partial charge in [0.25, 0.3) is 0 Å². The number of benzene rings is 1. The van der Waals surface area contributed by atoms with E-state index in [-0.39, 0.29) is 31.0 Å². The van der Waals surface area contributed by atoms with Gasteiger partial charge in [0.2, 0.25) is 0 Å². The monoisotopic (exact) mass is 228 g/mol. The van der Waals surface area contributed by atoms with Gasteiger partial charge in [-0.1, -0.05) is 17.7 Å². The van der Waals surface area contributed by atoms with E-state index in [1.165, 1.54) is 0 Å². The first kappa shape index (κ1) is 13.5. The van der Waals surface area contributed by atoms with Crippen molar-refractivity contribution in [3.63, 3.8) is 0 Å². The molecule has 6 heteroatoms. The summed E-state index contributed by atoms with van der Waals surface area (Å²) in [6, 6.07) is 6.86. The molecule has 1 rings (SSSR count). The second kappa shape index (κ2) is 5.38. The van der Waals surface area contributed by atoms with Crippen molar-refractivity contribution in [2.45, 2.75) is 11.8 Å². The summed E-state index contributed by atoms with van der Waals surface area (Å²) in [6.45, 7) is 1.90. The zero-order chi connectivity index (χ0) is 9.19. The molecule has 0 atom stereocenters. The summed E-state index contributed by atoms with van der Waals surface area (Å²) in [6.07, 6.45) is 0. The molecule has 0 aliphatic carbocycles. The maximum absolute atomic E-state index is 10.4. The van der Waals surface area contributed by atoms with E-state index in [1.807, 2.05) is 6.92 Å². The number of aryl methyl sites for hydroxylation is 1. The molecule has 0 amide bonds. The van der Waals surface area contributed by atoms with Crippen molar-refractivity contribution in [3.05, 3.63) is 29.8 Å². The minimum atomic E-state index is -3.97. The van der Waals surface area contributed by atoms with Crippen LogP contribution in [0, 0.1) is 6.92 Å². The molecule has 68 valence electrons. The molecule has 1 aromatic carbocycles. The quantitative estimate of drug-likeness (QED) is 0.401. The predicted octanol–water partition coefficient (Wildman–Crippen LogP) is -0.994. The maximum Gasteiger partial charge on any atom is 1.00 e. The molecule has 13 heavy (non-hydrogen) atoms. The zero-order valence-electron chi connectivity index (χ0n) is 8.39. The van der Waals surface area contributed by atoms with Crippen LogP contribution in [0.15, 0.2) is 29.2 Å². The first-order valence-corrected chi connectivity index (χ1v) is 5.98. The summed E-state index contributed by atoms with van der Waals surface area (Å²) in [5.41, 5.74) is 1.05. The Hall–Kier alpha value is 0.480. The van der Waals surface area contributed by atoms with Crippen LogP contribution < -0.4 is 29.6 Å². The molecule has 0 saturated carbocycles. The molecule has 3 nitrogen and oxygen atoms in total. The largest absolute Gasteiger partial charge is 1.00 e. The zero-order valence-corrected chi connectivity index (χ0v) is 11.0. The Morgan fingerprint density at radius 1 is 1.31 bits per heavy atom. The van der Waals surface area contributed by atoms with Crippen LogP contribution in [0.1, 0.15) is 6.99 Å². The van der Waals surface area contributed by atoms with Gasteiger partial charge in [0.1, 0.15) is 0 Å². The topological polar surface area (TPSA) is 54.4 Å². The average Bonchev–Trinajstić information content (AvgIpc) is 1.91. The summed E-state index contributed by atoms with van der Waals surface area (Å²) < 4.78 is 29.3. The third-order valence-corrected chi connectivity index (χ3v) is 3.11. The van der Waals surface area contributed by atoms with Crippen molar-refractivity contribution in [2.24, 2.45) is 0 Å². The molecule has 0 aliphatic heterocycles. The second-order valence-corrected chi connectivity index (χ2v) is 5.58. The number of hydrogen-bond donors (Lipinski definition) is 1. The molecule has 0 radical (unpaired) electrons. The fourth-order valence-electron chi connectivity index (χ4n) is 0.715. The summed E-state index contributed by atoms with van der Waals surface area (Å²) in [4.78, 5) is 0.517. The first-order chi connectivity index (χ1) is 5.47. The van der Waals surface area contributed by atoms with Crippen molar-refractivity contribution in [1.82, 2.24) is 0 Å². The molecule has 0 bridgehead atoms. The van der Waals surface area contributed by atoms with Crippen molar-refractivity contribution in [1.29, 1.82) is 0 Å². The van der Waals surface area contributed by atoms with Gasteiger partial charge in [0.15, 0.2) is 0 Å². The summed E-state index contributed by atoms with van der Waals surface area (Å²) in [5, 5.41) is 0. The smallest absolute Gasteiger partial charge is 1.00 e. The molecule has 0 heterocycles.